The highest BCUT2D eigenvalue weighted by Gasteiger charge is 2.24. The van der Waals surface area contributed by atoms with Crippen molar-refractivity contribution in [3.05, 3.63) is 33.9 Å². The summed E-state index contributed by atoms with van der Waals surface area (Å²) in [5.74, 6) is 0.344. The highest BCUT2D eigenvalue weighted by Crippen LogP contribution is 2.26. The molecule has 0 radical (unpaired) electrons. The normalized spacial score (nSPS) is 23.6. The molecule has 0 aliphatic carbocycles. The van der Waals surface area contributed by atoms with E-state index in [1.54, 1.807) is 13.1 Å². The fraction of sp³-hybridized carbons (Fsp3) is 0.571. The molecule has 1 saturated heterocycles. The van der Waals surface area contributed by atoms with Gasteiger partial charge in [-0.05, 0) is 30.5 Å². The second kappa shape index (κ2) is 6.19. The molecule has 1 fully saturated rings. The van der Waals surface area contributed by atoms with Crippen molar-refractivity contribution < 1.29 is 10.0 Å². The summed E-state index contributed by atoms with van der Waals surface area (Å²) in [5, 5.41) is 23.6. The van der Waals surface area contributed by atoms with Crippen LogP contribution in [0, 0.1) is 16.0 Å². The molecule has 1 heterocycles. The maximum Gasteiger partial charge on any atom is 0.292 e. The number of β-amino-alcohol motifs (C(OH)–C–C–N with tert-alkyl or cyclic N) is 1. The van der Waals surface area contributed by atoms with Crippen molar-refractivity contribution >= 4 is 11.4 Å². The van der Waals surface area contributed by atoms with Crippen molar-refractivity contribution in [2.24, 2.45) is 5.92 Å². The maximum absolute atomic E-state index is 10.9. The van der Waals surface area contributed by atoms with Crippen LogP contribution in [-0.2, 0) is 6.54 Å². The Morgan fingerprint density at radius 3 is 2.90 bits per heavy atom. The zero-order chi connectivity index (χ0) is 14.7. The summed E-state index contributed by atoms with van der Waals surface area (Å²) in [4.78, 5) is 12.7. The van der Waals surface area contributed by atoms with Crippen LogP contribution in [0.2, 0.25) is 0 Å². The van der Waals surface area contributed by atoms with Crippen molar-refractivity contribution in [1.82, 2.24) is 4.90 Å². The first-order valence-corrected chi connectivity index (χ1v) is 6.86. The molecule has 2 rings (SSSR count). The summed E-state index contributed by atoms with van der Waals surface area (Å²) < 4.78 is 0. The summed E-state index contributed by atoms with van der Waals surface area (Å²) in [6.45, 7) is 4.38. The monoisotopic (exact) mass is 279 g/mol. The Labute approximate surface area is 118 Å². The Morgan fingerprint density at radius 1 is 1.55 bits per heavy atom. The standard InChI is InChI=1S/C14H21N3O3/c1-10-5-6-16(9-14(10)18)8-11-3-4-13(17(19)20)12(7-11)15-2/h3-4,7,10,14-15,18H,5-6,8-9H2,1-2H3. The number of likely N-dealkylation sites (tertiary alicyclic amines) is 1. The Kier molecular flexibility index (Phi) is 4.57. The lowest BCUT2D eigenvalue weighted by Gasteiger charge is -2.34. The highest BCUT2D eigenvalue weighted by molar-refractivity contribution is 5.62. The third-order valence-corrected chi connectivity index (χ3v) is 3.94. The van der Waals surface area contributed by atoms with Crippen LogP contribution in [0.3, 0.4) is 0 Å². The van der Waals surface area contributed by atoms with E-state index in [2.05, 4.69) is 17.1 Å². The van der Waals surface area contributed by atoms with Crippen molar-refractivity contribution in [3.63, 3.8) is 0 Å². The number of benzene rings is 1. The fourth-order valence-corrected chi connectivity index (χ4v) is 2.56. The van der Waals surface area contributed by atoms with Gasteiger partial charge >= 0.3 is 0 Å². The lowest BCUT2D eigenvalue weighted by atomic mass is 9.96. The van der Waals surface area contributed by atoms with Crippen LogP contribution in [0.25, 0.3) is 0 Å². The molecule has 2 N–H and O–H groups in total. The molecule has 6 nitrogen and oxygen atoms in total. The van der Waals surface area contributed by atoms with Gasteiger partial charge in [0.25, 0.3) is 5.69 Å². The summed E-state index contributed by atoms with van der Waals surface area (Å²) in [7, 11) is 1.68. The first-order chi connectivity index (χ1) is 9.51. The summed E-state index contributed by atoms with van der Waals surface area (Å²) in [6.07, 6.45) is 0.693. The number of anilines is 1. The Bertz CT molecular complexity index is 493. The van der Waals surface area contributed by atoms with E-state index in [0.717, 1.165) is 18.5 Å². The van der Waals surface area contributed by atoms with E-state index in [4.69, 9.17) is 0 Å². The molecule has 2 unspecified atom stereocenters. The average Bonchev–Trinajstić information content (AvgIpc) is 2.42. The average molecular weight is 279 g/mol. The van der Waals surface area contributed by atoms with Gasteiger partial charge in [-0.25, -0.2) is 0 Å². The van der Waals surface area contributed by atoms with Crippen LogP contribution in [0.4, 0.5) is 11.4 Å². The predicted molar refractivity (Wildman–Crippen MR) is 77.7 cm³/mol. The van der Waals surface area contributed by atoms with Crippen LogP contribution in [-0.4, -0.2) is 41.2 Å². The second-order valence-electron chi connectivity index (χ2n) is 5.43. The minimum atomic E-state index is -0.387. The topological polar surface area (TPSA) is 78.6 Å². The Balaban J connectivity index is 2.08. The first kappa shape index (κ1) is 14.7. The molecule has 20 heavy (non-hydrogen) atoms. The number of nitrogens with zero attached hydrogens (tertiary/aromatic N) is 2. The number of aliphatic hydroxyl groups is 1. The van der Waals surface area contributed by atoms with Gasteiger partial charge < -0.3 is 10.4 Å². The van der Waals surface area contributed by atoms with E-state index in [-0.39, 0.29) is 16.7 Å². The smallest absolute Gasteiger partial charge is 0.292 e. The molecular weight excluding hydrogens is 258 g/mol. The van der Waals surface area contributed by atoms with E-state index in [9.17, 15) is 15.2 Å². The SMILES string of the molecule is CNc1cc(CN2CCC(C)C(O)C2)ccc1[N+](=O)[O-]. The van der Waals surface area contributed by atoms with Crippen LogP contribution < -0.4 is 5.32 Å². The van der Waals surface area contributed by atoms with Gasteiger partial charge in [-0.3, -0.25) is 15.0 Å². The molecule has 0 spiro atoms. The molecule has 0 bridgehead atoms. The summed E-state index contributed by atoms with van der Waals surface area (Å²) in [6, 6.07) is 5.12. The molecule has 110 valence electrons. The summed E-state index contributed by atoms with van der Waals surface area (Å²) >= 11 is 0. The number of nitro benzene ring substituents is 1. The van der Waals surface area contributed by atoms with Gasteiger partial charge in [-0.1, -0.05) is 13.0 Å². The largest absolute Gasteiger partial charge is 0.392 e. The van der Waals surface area contributed by atoms with E-state index in [1.807, 2.05) is 6.07 Å². The number of nitro groups is 1. The van der Waals surface area contributed by atoms with Gasteiger partial charge in [0.05, 0.1) is 11.0 Å². The predicted octanol–water partition coefficient (Wildman–Crippen LogP) is 1.84. The fourth-order valence-electron chi connectivity index (χ4n) is 2.56. The number of piperidine rings is 1. The zero-order valence-corrected chi connectivity index (χ0v) is 11.9. The van der Waals surface area contributed by atoms with Crippen LogP contribution in [0.1, 0.15) is 18.9 Å². The number of nitrogens with one attached hydrogen (secondary N) is 1. The maximum atomic E-state index is 10.9. The van der Waals surface area contributed by atoms with E-state index in [0.29, 0.717) is 24.7 Å². The number of hydrogen-bond acceptors (Lipinski definition) is 5. The number of aliphatic hydroxyl groups excluding tert-OH is 1. The molecule has 1 aliphatic rings. The van der Waals surface area contributed by atoms with Gasteiger partial charge in [0, 0.05) is 26.2 Å². The zero-order valence-electron chi connectivity index (χ0n) is 11.9. The first-order valence-electron chi connectivity index (χ1n) is 6.86. The highest BCUT2D eigenvalue weighted by atomic mass is 16.6. The minimum absolute atomic E-state index is 0.0866. The molecule has 0 amide bonds. The van der Waals surface area contributed by atoms with Gasteiger partial charge in [0.2, 0.25) is 0 Å². The van der Waals surface area contributed by atoms with Gasteiger partial charge in [-0.15, -0.1) is 0 Å². The molecule has 1 aromatic carbocycles. The third kappa shape index (κ3) is 3.26. The van der Waals surface area contributed by atoms with Crippen molar-refractivity contribution in [3.8, 4) is 0 Å². The lowest BCUT2D eigenvalue weighted by Crippen LogP contribution is -2.42. The number of rotatable bonds is 4. The second-order valence-corrected chi connectivity index (χ2v) is 5.43. The number of hydrogen-bond donors (Lipinski definition) is 2. The van der Waals surface area contributed by atoms with Crippen LogP contribution in [0.15, 0.2) is 18.2 Å². The van der Waals surface area contributed by atoms with E-state index >= 15 is 0 Å². The molecule has 2 atom stereocenters. The molecule has 0 saturated carbocycles. The third-order valence-electron chi connectivity index (χ3n) is 3.94. The Hall–Kier alpha value is -1.66. The van der Waals surface area contributed by atoms with Gasteiger partial charge in [0.15, 0.2) is 0 Å². The van der Waals surface area contributed by atoms with E-state index in [1.165, 1.54) is 6.07 Å². The van der Waals surface area contributed by atoms with Crippen molar-refractivity contribution in [2.45, 2.75) is 26.0 Å². The van der Waals surface area contributed by atoms with Crippen LogP contribution >= 0.6 is 0 Å². The Morgan fingerprint density at radius 2 is 2.30 bits per heavy atom. The van der Waals surface area contributed by atoms with Crippen molar-refractivity contribution in [2.75, 3.05) is 25.5 Å². The molecule has 1 aromatic rings. The van der Waals surface area contributed by atoms with Crippen LogP contribution in [0.5, 0.6) is 0 Å². The van der Waals surface area contributed by atoms with Gasteiger partial charge in [-0.2, -0.15) is 0 Å². The van der Waals surface area contributed by atoms with Gasteiger partial charge in [0.1, 0.15) is 5.69 Å². The molecular formula is C14H21N3O3. The van der Waals surface area contributed by atoms with E-state index < -0.39 is 0 Å². The lowest BCUT2D eigenvalue weighted by molar-refractivity contribution is -0.384. The molecule has 0 aromatic heterocycles. The molecule has 6 heteroatoms. The minimum Gasteiger partial charge on any atom is -0.392 e. The van der Waals surface area contributed by atoms with Crippen molar-refractivity contribution in [1.29, 1.82) is 0 Å². The summed E-state index contributed by atoms with van der Waals surface area (Å²) in [5.41, 5.74) is 1.63. The quantitative estimate of drug-likeness (QED) is 0.649. The molecule has 1 aliphatic heterocycles.